The SMILES string of the molecule is CCCCc1ncc(CN2CCCC(c3[nH]ncc3C)C2)[nH]1. The van der Waals surface area contributed by atoms with Gasteiger partial charge in [-0.1, -0.05) is 13.3 Å². The van der Waals surface area contributed by atoms with E-state index in [1.165, 1.54) is 49.2 Å². The molecule has 3 rings (SSSR count). The number of aromatic nitrogens is 4. The molecule has 1 aliphatic heterocycles. The Balaban J connectivity index is 1.58. The molecule has 1 saturated heterocycles. The molecular weight excluding hydrogens is 274 g/mol. The van der Waals surface area contributed by atoms with E-state index in [1.807, 2.05) is 12.4 Å². The maximum absolute atomic E-state index is 4.50. The van der Waals surface area contributed by atoms with E-state index in [1.54, 1.807) is 0 Å². The van der Waals surface area contributed by atoms with E-state index in [0.29, 0.717) is 5.92 Å². The lowest BCUT2D eigenvalue weighted by atomic mass is 9.93. The van der Waals surface area contributed by atoms with Crippen LogP contribution in [0.5, 0.6) is 0 Å². The Kier molecular flexibility index (Phi) is 4.93. The van der Waals surface area contributed by atoms with E-state index < -0.39 is 0 Å². The minimum absolute atomic E-state index is 0.582. The molecule has 0 bridgehead atoms. The van der Waals surface area contributed by atoms with Crippen LogP contribution in [0, 0.1) is 6.92 Å². The summed E-state index contributed by atoms with van der Waals surface area (Å²) in [5.74, 6) is 1.72. The van der Waals surface area contributed by atoms with Gasteiger partial charge in [0.15, 0.2) is 0 Å². The summed E-state index contributed by atoms with van der Waals surface area (Å²) in [6.07, 6.45) is 9.93. The second-order valence-electron chi connectivity index (χ2n) is 6.50. The Morgan fingerprint density at radius 2 is 2.27 bits per heavy atom. The zero-order valence-electron chi connectivity index (χ0n) is 13.7. The Morgan fingerprint density at radius 3 is 3.05 bits per heavy atom. The number of hydrogen-bond donors (Lipinski definition) is 2. The summed E-state index contributed by atoms with van der Waals surface area (Å²) < 4.78 is 0. The Labute approximate surface area is 132 Å². The van der Waals surface area contributed by atoms with Gasteiger partial charge in [-0.3, -0.25) is 10.00 Å². The number of hydrogen-bond acceptors (Lipinski definition) is 3. The number of nitrogens with zero attached hydrogens (tertiary/aromatic N) is 3. The summed E-state index contributed by atoms with van der Waals surface area (Å²) in [6, 6.07) is 0. The van der Waals surface area contributed by atoms with Gasteiger partial charge in [-0.2, -0.15) is 5.10 Å². The van der Waals surface area contributed by atoms with Gasteiger partial charge in [0.05, 0.1) is 6.20 Å². The smallest absolute Gasteiger partial charge is 0.106 e. The molecule has 22 heavy (non-hydrogen) atoms. The molecule has 1 fully saturated rings. The highest BCUT2D eigenvalue weighted by Gasteiger charge is 2.24. The van der Waals surface area contributed by atoms with Crippen molar-refractivity contribution in [2.24, 2.45) is 0 Å². The molecule has 2 N–H and O–H groups in total. The van der Waals surface area contributed by atoms with E-state index in [2.05, 4.69) is 38.9 Å². The first-order chi connectivity index (χ1) is 10.8. The van der Waals surface area contributed by atoms with Gasteiger partial charge in [0.2, 0.25) is 0 Å². The lowest BCUT2D eigenvalue weighted by Gasteiger charge is -2.32. The highest BCUT2D eigenvalue weighted by molar-refractivity contribution is 5.19. The van der Waals surface area contributed by atoms with Crippen molar-refractivity contribution >= 4 is 0 Å². The second-order valence-corrected chi connectivity index (χ2v) is 6.50. The Morgan fingerprint density at radius 1 is 1.36 bits per heavy atom. The average Bonchev–Trinajstić information content (AvgIpc) is 3.14. The standard InChI is InChI=1S/C17H27N5/c1-3-4-7-16-18-10-15(20-16)12-22-8-5-6-14(11-22)17-13(2)9-19-21-17/h9-10,14H,3-8,11-12H2,1-2H3,(H,18,20)(H,19,21). The lowest BCUT2D eigenvalue weighted by molar-refractivity contribution is 0.196. The van der Waals surface area contributed by atoms with E-state index in [0.717, 1.165) is 25.3 Å². The van der Waals surface area contributed by atoms with Crippen molar-refractivity contribution in [1.82, 2.24) is 25.1 Å². The van der Waals surface area contributed by atoms with Gasteiger partial charge in [0.1, 0.15) is 5.82 Å². The lowest BCUT2D eigenvalue weighted by Crippen LogP contribution is -2.34. The van der Waals surface area contributed by atoms with Crippen molar-refractivity contribution < 1.29 is 0 Å². The molecule has 0 spiro atoms. The third-order valence-electron chi connectivity index (χ3n) is 4.62. The quantitative estimate of drug-likeness (QED) is 0.861. The van der Waals surface area contributed by atoms with Crippen molar-refractivity contribution in [3.05, 3.63) is 35.2 Å². The zero-order valence-corrected chi connectivity index (χ0v) is 13.7. The van der Waals surface area contributed by atoms with Crippen LogP contribution in [0.3, 0.4) is 0 Å². The summed E-state index contributed by atoms with van der Waals surface area (Å²) in [5.41, 5.74) is 3.85. The number of aromatic amines is 2. The first-order valence-electron chi connectivity index (χ1n) is 8.51. The van der Waals surface area contributed by atoms with Crippen LogP contribution in [0.4, 0.5) is 0 Å². The molecule has 0 aliphatic carbocycles. The summed E-state index contributed by atoms with van der Waals surface area (Å²) >= 11 is 0. The van der Waals surface area contributed by atoms with E-state index in [-0.39, 0.29) is 0 Å². The third-order valence-corrected chi connectivity index (χ3v) is 4.62. The van der Waals surface area contributed by atoms with Crippen LogP contribution in [0.15, 0.2) is 12.4 Å². The van der Waals surface area contributed by atoms with Gasteiger partial charge in [-0.15, -0.1) is 0 Å². The Bertz CT molecular complexity index is 585. The fourth-order valence-electron chi connectivity index (χ4n) is 3.40. The maximum atomic E-state index is 4.50. The number of aryl methyl sites for hydroxylation is 2. The normalized spacial score (nSPS) is 19.6. The molecule has 2 aromatic heterocycles. The van der Waals surface area contributed by atoms with Crippen LogP contribution in [0.25, 0.3) is 0 Å². The molecular formula is C17H27N5. The number of piperidine rings is 1. The molecule has 120 valence electrons. The van der Waals surface area contributed by atoms with E-state index in [4.69, 9.17) is 0 Å². The maximum Gasteiger partial charge on any atom is 0.106 e. The number of H-pyrrole nitrogens is 2. The van der Waals surface area contributed by atoms with Crippen LogP contribution in [-0.4, -0.2) is 38.2 Å². The van der Waals surface area contributed by atoms with Crippen LogP contribution >= 0.6 is 0 Å². The fourth-order valence-corrected chi connectivity index (χ4v) is 3.40. The summed E-state index contributed by atoms with van der Waals surface area (Å²) in [5, 5.41) is 7.37. The molecule has 5 nitrogen and oxygen atoms in total. The average molecular weight is 301 g/mol. The van der Waals surface area contributed by atoms with Crippen LogP contribution < -0.4 is 0 Å². The van der Waals surface area contributed by atoms with Crippen molar-refractivity contribution in [2.45, 2.75) is 58.4 Å². The molecule has 0 aromatic carbocycles. The molecule has 0 amide bonds. The molecule has 1 aliphatic rings. The number of imidazole rings is 1. The number of rotatable bonds is 6. The zero-order chi connectivity index (χ0) is 15.4. The fraction of sp³-hybridized carbons (Fsp3) is 0.647. The van der Waals surface area contributed by atoms with Gasteiger partial charge in [-0.05, 0) is 38.3 Å². The van der Waals surface area contributed by atoms with E-state index >= 15 is 0 Å². The van der Waals surface area contributed by atoms with Crippen LogP contribution in [-0.2, 0) is 13.0 Å². The molecule has 0 saturated carbocycles. The van der Waals surface area contributed by atoms with Gasteiger partial charge < -0.3 is 4.98 Å². The first kappa shape index (κ1) is 15.3. The van der Waals surface area contributed by atoms with Crippen molar-refractivity contribution in [1.29, 1.82) is 0 Å². The molecule has 5 heteroatoms. The predicted molar refractivity (Wildman–Crippen MR) is 87.8 cm³/mol. The highest BCUT2D eigenvalue weighted by atomic mass is 15.2. The summed E-state index contributed by atoms with van der Waals surface area (Å²) in [7, 11) is 0. The van der Waals surface area contributed by atoms with Crippen LogP contribution in [0.2, 0.25) is 0 Å². The first-order valence-corrected chi connectivity index (χ1v) is 8.51. The minimum atomic E-state index is 0.582. The van der Waals surface area contributed by atoms with Gasteiger partial charge in [-0.25, -0.2) is 4.98 Å². The van der Waals surface area contributed by atoms with Crippen molar-refractivity contribution in [3.8, 4) is 0 Å². The summed E-state index contributed by atoms with van der Waals surface area (Å²) in [4.78, 5) is 10.5. The van der Waals surface area contributed by atoms with Gasteiger partial charge in [0, 0.05) is 43.0 Å². The summed E-state index contributed by atoms with van der Waals surface area (Å²) in [6.45, 7) is 7.62. The van der Waals surface area contributed by atoms with Crippen molar-refractivity contribution in [3.63, 3.8) is 0 Å². The predicted octanol–water partition coefficient (Wildman–Crippen LogP) is 3.16. The van der Waals surface area contributed by atoms with Gasteiger partial charge in [0.25, 0.3) is 0 Å². The number of nitrogens with one attached hydrogen (secondary N) is 2. The Hall–Kier alpha value is -1.62. The largest absolute Gasteiger partial charge is 0.345 e. The molecule has 3 heterocycles. The highest BCUT2D eigenvalue weighted by Crippen LogP contribution is 2.28. The number of unbranched alkanes of at least 4 members (excludes halogenated alkanes) is 1. The monoisotopic (exact) mass is 301 g/mol. The van der Waals surface area contributed by atoms with Crippen LogP contribution in [0.1, 0.15) is 61.3 Å². The number of likely N-dealkylation sites (tertiary alicyclic amines) is 1. The minimum Gasteiger partial charge on any atom is -0.345 e. The molecule has 0 radical (unpaired) electrons. The van der Waals surface area contributed by atoms with E-state index in [9.17, 15) is 0 Å². The second kappa shape index (κ2) is 7.09. The molecule has 1 atom stereocenters. The third kappa shape index (κ3) is 3.58. The topological polar surface area (TPSA) is 60.6 Å². The molecule has 1 unspecified atom stereocenters. The van der Waals surface area contributed by atoms with Crippen molar-refractivity contribution in [2.75, 3.05) is 13.1 Å². The van der Waals surface area contributed by atoms with Gasteiger partial charge >= 0.3 is 0 Å². The molecule has 2 aromatic rings.